The number of rotatable bonds is 1. The van der Waals surface area contributed by atoms with Crippen LogP contribution in [-0.4, -0.2) is 5.78 Å². The summed E-state index contributed by atoms with van der Waals surface area (Å²) in [5.41, 5.74) is 0. The first kappa shape index (κ1) is 7.73. The Balaban J connectivity index is 2.60. The highest BCUT2D eigenvalue weighted by Crippen LogP contribution is 2.20. The van der Waals surface area contributed by atoms with E-state index in [4.69, 9.17) is 0 Å². The third-order valence-corrected chi connectivity index (χ3v) is 2.16. The minimum Gasteiger partial charge on any atom is -0.299 e. The van der Waals surface area contributed by atoms with Gasteiger partial charge in [-0.05, 0) is 13.3 Å². The Morgan fingerprint density at radius 2 is 2.50 bits per heavy atom. The van der Waals surface area contributed by atoms with Crippen LogP contribution in [0.15, 0.2) is 22.7 Å². The van der Waals surface area contributed by atoms with Gasteiger partial charge in [0.1, 0.15) is 5.78 Å². The van der Waals surface area contributed by atoms with E-state index in [1.807, 2.05) is 18.2 Å². The number of hydrogen-bond acceptors (Lipinski definition) is 1. The van der Waals surface area contributed by atoms with Gasteiger partial charge in [-0.2, -0.15) is 0 Å². The lowest BCUT2D eigenvalue weighted by Crippen LogP contribution is -2.08. The Bertz CT molecular complexity index is 203. The van der Waals surface area contributed by atoms with Crippen molar-refractivity contribution in [2.45, 2.75) is 13.3 Å². The van der Waals surface area contributed by atoms with E-state index >= 15 is 0 Å². The van der Waals surface area contributed by atoms with Crippen LogP contribution in [0.25, 0.3) is 0 Å². The van der Waals surface area contributed by atoms with Gasteiger partial charge in [0, 0.05) is 10.4 Å². The van der Waals surface area contributed by atoms with E-state index in [2.05, 4.69) is 15.9 Å². The van der Waals surface area contributed by atoms with Gasteiger partial charge in [-0.1, -0.05) is 34.2 Å². The zero-order valence-electron chi connectivity index (χ0n) is 5.80. The molecule has 0 saturated heterocycles. The molecule has 1 rings (SSSR count). The molecule has 0 aliphatic heterocycles. The summed E-state index contributed by atoms with van der Waals surface area (Å²) in [4.78, 5) is 10.8. The summed E-state index contributed by atoms with van der Waals surface area (Å²) in [6, 6.07) is 0. The van der Waals surface area contributed by atoms with Crippen LogP contribution in [0.3, 0.4) is 0 Å². The van der Waals surface area contributed by atoms with Gasteiger partial charge in [0.2, 0.25) is 0 Å². The maximum atomic E-state index is 10.8. The van der Waals surface area contributed by atoms with Crippen molar-refractivity contribution < 1.29 is 4.79 Å². The summed E-state index contributed by atoms with van der Waals surface area (Å²) in [5.74, 6) is 0.355. The summed E-state index contributed by atoms with van der Waals surface area (Å²) in [6.45, 7) is 1.63. The van der Waals surface area contributed by atoms with E-state index in [1.54, 1.807) is 6.92 Å². The average molecular weight is 201 g/mol. The highest BCUT2D eigenvalue weighted by atomic mass is 79.9. The predicted octanol–water partition coefficient (Wildman–Crippen LogP) is 2.43. The van der Waals surface area contributed by atoms with Crippen LogP contribution in [0.1, 0.15) is 13.3 Å². The topological polar surface area (TPSA) is 17.1 Å². The molecular weight excluding hydrogens is 192 g/mol. The second-order valence-electron chi connectivity index (χ2n) is 2.40. The van der Waals surface area contributed by atoms with Gasteiger partial charge in [-0.25, -0.2) is 0 Å². The van der Waals surface area contributed by atoms with E-state index in [0.717, 1.165) is 10.9 Å². The van der Waals surface area contributed by atoms with Gasteiger partial charge >= 0.3 is 0 Å². The molecule has 1 aliphatic rings. The van der Waals surface area contributed by atoms with Crippen molar-refractivity contribution in [1.82, 2.24) is 0 Å². The van der Waals surface area contributed by atoms with Gasteiger partial charge in [0.25, 0.3) is 0 Å². The molecule has 0 aromatic heterocycles. The summed E-state index contributed by atoms with van der Waals surface area (Å²) in [5, 5.41) is 0. The molecule has 0 amide bonds. The molecule has 0 aromatic rings. The van der Waals surface area contributed by atoms with Crippen molar-refractivity contribution in [3.05, 3.63) is 22.7 Å². The molecular formula is C8H9BrO. The van der Waals surface area contributed by atoms with Crippen LogP contribution in [0.4, 0.5) is 0 Å². The molecule has 1 atom stereocenters. The van der Waals surface area contributed by atoms with Crippen LogP contribution >= 0.6 is 15.9 Å². The molecule has 0 unspecified atom stereocenters. The fourth-order valence-corrected chi connectivity index (χ4v) is 1.24. The molecule has 0 fully saturated rings. The fourth-order valence-electron chi connectivity index (χ4n) is 0.896. The Hall–Kier alpha value is -0.370. The number of carbonyl (C=O) groups excluding carboxylic acids is 1. The van der Waals surface area contributed by atoms with Gasteiger partial charge in [-0.3, -0.25) is 4.79 Å². The quantitative estimate of drug-likeness (QED) is 0.636. The largest absolute Gasteiger partial charge is 0.299 e. The van der Waals surface area contributed by atoms with E-state index in [1.165, 1.54) is 0 Å². The first-order valence-corrected chi connectivity index (χ1v) is 4.04. The summed E-state index contributed by atoms with van der Waals surface area (Å²) in [7, 11) is 0. The molecule has 0 aromatic carbocycles. The van der Waals surface area contributed by atoms with Gasteiger partial charge in [-0.15, -0.1) is 0 Å². The van der Waals surface area contributed by atoms with E-state index in [9.17, 15) is 4.79 Å². The molecule has 0 heterocycles. The first-order chi connectivity index (χ1) is 4.70. The maximum Gasteiger partial charge on any atom is 0.136 e. The van der Waals surface area contributed by atoms with Crippen molar-refractivity contribution in [1.29, 1.82) is 0 Å². The third kappa shape index (κ3) is 1.81. The lowest BCUT2D eigenvalue weighted by molar-refractivity contribution is -0.119. The van der Waals surface area contributed by atoms with Crippen LogP contribution in [-0.2, 0) is 4.79 Å². The molecule has 0 saturated carbocycles. The van der Waals surface area contributed by atoms with Crippen LogP contribution in [0, 0.1) is 5.92 Å². The average Bonchev–Trinajstić information content (AvgIpc) is 1.88. The second kappa shape index (κ2) is 3.15. The number of allylic oxidation sites excluding steroid dienone is 4. The van der Waals surface area contributed by atoms with E-state index < -0.39 is 0 Å². The Morgan fingerprint density at radius 1 is 1.80 bits per heavy atom. The van der Waals surface area contributed by atoms with Crippen molar-refractivity contribution in [2.24, 2.45) is 5.92 Å². The minimum atomic E-state index is 0.112. The standard InChI is InChI=1S/C8H9BrO/c1-6(10)7-2-4-8(9)5-3-7/h2,4-5,7H,3H2,1H3/t7-/m0/s1. The van der Waals surface area contributed by atoms with Gasteiger partial charge in [0.15, 0.2) is 0 Å². The number of ketones is 1. The lowest BCUT2D eigenvalue weighted by Gasteiger charge is -2.09. The molecule has 54 valence electrons. The van der Waals surface area contributed by atoms with Crippen molar-refractivity contribution in [2.75, 3.05) is 0 Å². The minimum absolute atomic E-state index is 0.112. The first-order valence-electron chi connectivity index (χ1n) is 3.24. The molecule has 0 spiro atoms. The molecule has 1 nitrogen and oxygen atoms in total. The molecule has 0 bridgehead atoms. The monoisotopic (exact) mass is 200 g/mol. The number of carbonyl (C=O) groups is 1. The number of halogens is 1. The van der Waals surface area contributed by atoms with Gasteiger partial charge < -0.3 is 0 Å². The van der Waals surface area contributed by atoms with E-state index in [-0.39, 0.29) is 11.7 Å². The summed E-state index contributed by atoms with van der Waals surface area (Å²) < 4.78 is 1.07. The van der Waals surface area contributed by atoms with E-state index in [0.29, 0.717) is 0 Å². The predicted molar refractivity (Wildman–Crippen MR) is 44.9 cm³/mol. The third-order valence-electron chi connectivity index (χ3n) is 1.58. The summed E-state index contributed by atoms with van der Waals surface area (Å²) >= 11 is 3.33. The molecule has 0 N–H and O–H groups in total. The highest BCUT2D eigenvalue weighted by molar-refractivity contribution is 9.11. The number of Topliss-reactive ketones (excluding diaryl/α,β-unsaturated/α-hetero) is 1. The van der Waals surface area contributed by atoms with Crippen molar-refractivity contribution in [3.8, 4) is 0 Å². The normalized spacial score (nSPS) is 24.2. The van der Waals surface area contributed by atoms with Crippen LogP contribution in [0.5, 0.6) is 0 Å². The zero-order chi connectivity index (χ0) is 7.56. The fraction of sp³-hybridized carbons (Fsp3) is 0.375. The Kier molecular flexibility index (Phi) is 2.44. The van der Waals surface area contributed by atoms with Crippen molar-refractivity contribution in [3.63, 3.8) is 0 Å². The summed E-state index contributed by atoms with van der Waals surface area (Å²) in [6.07, 6.45) is 6.72. The second-order valence-corrected chi connectivity index (χ2v) is 3.32. The highest BCUT2D eigenvalue weighted by Gasteiger charge is 2.11. The Morgan fingerprint density at radius 3 is 2.90 bits per heavy atom. The smallest absolute Gasteiger partial charge is 0.136 e. The maximum absolute atomic E-state index is 10.8. The molecule has 1 aliphatic carbocycles. The molecule has 2 heteroatoms. The van der Waals surface area contributed by atoms with Crippen LogP contribution < -0.4 is 0 Å². The van der Waals surface area contributed by atoms with Crippen molar-refractivity contribution >= 4 is 21.7 Å². The molecule has 10 heavy (non-hydrogen) atoms. The van der Waals surface area contributed by atoms with Crippen LogP contribution in [0.2, 0.25) is 0 Å². The lowest BCUT2D eigenvalue weighted by atomic mass is 9.97. The zero-order valence-corrected chi connectivity index (χ0v) is 7.39. The SMILES string of the molecule is CC(=O)[C@H]1C=CC(Br)=CC1. The Labute approximate surface area is 68.9 Å². The van der Waals surface area contributed by atoms with Gasteiger partial charge in [0.05, 0.1) is 0 Å². The molecule has 0 radical (unpaired) electrons. The number of hydrogen-bond donors (Lipinski definition) is 0.